The number of hydrogen-bond acceptors (Lipinski definition) is 1. The highest BCUT2D eigenvalue weighted by atomic mass is 19.1. The van der Waals surface area contributed by atoms with Gasteiger partial charge in [0.25, 0.3) is 0 Å². The monoisotopic (exact) mass is 258 g/mol. The summed E-state index contributed by atoms with van der Waals surface area (Å²) in [5, 5.41) is 0. The van der Waals surface area contributed by atoms with Crippen LogP contribution in [0.1, 0.15) is 21.5 Å². The third-order valence-corrected chi connectivity index (χ3v) is 3.57. The summed E-state index contributed by atoms with van der Waals surface area (Å²) in [4.78, 5) is 12.2. The molecule has 0 bridgehead atoms. The molecule has 0 saturated heterocycles. The number of halogens is 2. The molecule has 0 saturated carbocycles. The zero-order chi connectivity index (χ0) is 13.4. The van der Waals surface area contributed by atoms with Gasteiger partial charge in [-0.25, -0.2) is 8.78 Å². The topological polar surface area (TPSA) is 17.1 Å². The van der Waals surface area contributed by atoms with Crippen LogP contribution in [0.5, 0.6) is 0 Å². The lowest BCUT2D eigenvalue weighted by Crippen LogP contribution is -2.12. The Hall–Kier alpha value is -2.03. The van der Waals surface area contributed by atoms with Gasteiger partial charge in [0.05, 0.1) is 0 Å². The number of fused-ring (bicyclic) bond motifs is 1. The number of rotatable bonds is 2. The average Bonchev–Trinajstić information content (AvgIpc) is 2.68. The van der Waals surface area contributed by atoms with Crippen LogP contribution in [-0.4, -0.2) is 5.78 Å². The van der Waals surface area contributed by atoms with Crippen molar-refractivity contribution in [3.05, 3.63) is 70.8 Å². The second-order valence-electron chi connectivity index (χ2n) is 4.90. The van der Waals surface area contributed by atoms with Crippen LogP contribution in [0, 0.1) is 17.6 Å². The van der Waals surface area contributed by atoms with Crippen LogP contribution in [-0.2, 0) is 12.8 Å². The van der Waals surface area contributed by atoms with Crippen molar-refractivity contribution < 1.29 is 13.6 Å². The second kappa shape index (κ2) is 4.57. The van der Waals surface area contributed by atoms with Gasteiger partial charge in [0.15, 0.2) is 5.78 Å². The van der Waals surface area contributed by atoms with Gasteiger partial charge >= 0.3 is 0 Å². The lowest BCUT2D eigenvalue weighted by Gasteiger charge is -2.07. The van der Waals surface area contributed by atoms with Gasteiger partial charge in [-0.2, -0.15) is 0 Å². The summed E-state index contributed by atoms with van der Waals surface area (Å²) < 4.78 is 26.0. The number of carbonyl (C=O) groups excluding carboxylic acids is 1. The molecule has 1 aliphatic rings. The maximum Gasteiger partial charge on any atom is 0.166 e. The summed E-state index contributed by atoms with van der Waals surface area (Å²) in [6.45, 7) is 0. The number of ketones is 1. The van der Waals surface area contributed by atoms with E-state index in [0.29, 0.717) is 18.4 Å². The molecule has 2 aromatic rings. The van der Waals surface area contributed by atoms with Crippen molar-refractivity contribution in [2.75, 3.05) is 0 Å². The Kier molecular flexibility index (Phi) is 2.90. The van der Waals surface area contributed by atoms with Gasteiger partial charge < -0.3 is 0 Å². The second-order valence-corrected chi connectivity index (χ2v) is 4.90. The molecule has 0 fully saturated rings. The summed E-state index contributed by atoms with van der Waals surface area (Å²) in [5.41, 5.74) is 2.32. The fraction of sp³-hybridized carbons (Fsp3) is 0.188. The Morgan fingerprint density at radius 1 is 1.00 bits per heavy atom. The van der Waals surface area contributed by atoms with Gasteiger partial charge in [0.1, 0.15) is 11.6 Å². The van der Waals surface area contributed by atoms with Crippen molar-refractivity contribution in [2.45, 2.75) is 12.8 Å². The van der Waals surface area contributed by atoms with Gasteiger partial charge in [0.2, 0.25) is 0 Å². The summed E-state index contributed by atoms with van der Waals surface area (Å²) in [5.74, 6) is -0.706. The molecule has 1 unspecified atom stereocenters. The Morgan fingerprint density at radius 3 is 2.42 bits per heavy atom. The molecule has 1 aliphatic carbocycles. The maximum absolute atomic E-state index is 13.1. The molecule has 0 heterocycles. The fourth-order valence-corrected chi connectivity index (χ4v) is 2.62. The molecule has 19 heavy (non-hydrogen) atoms. The minimum Gasteiger partial charge on any atom is -0.294 e. The quantitative estimate of drug-likeness (QED) is 0.805. The van der Waals surface area contributed by atoms with E-state index in [9.17, 15) is 13.6 Å². The van der Waals surface area contributed by atoms with Crippen LogP contribution >= 0.6 is 0 Å². The van der Waals surface area contributed by atoms with Crippen LogP contribution in [0.3, 0.4) is 0 Å². The molecule has 1 nitrogen and oxygen atoms in total. The highest BCUT2D eigenvalue weighted by molar-refractivity contribution is 6.02. The summed E-state index contributed by atoms with van der Waals surface area (Å²) in [7, 11) is 0. The number of Topliss-reactive ketones (excluding diaryl/α,β-unsaturated/α-hetero) is 1. The first-order valence-corrected chi connectivity index (χ1v) is 6.20. The van der Waals surface area contributed by atoms with E-state index in [1.54, 1.807) is 18.2 Å². The molecule has 0 aromatic heterocycles. The Morgan fingerprint density at radius 2 is 1.68 bits per heavy atom. The van der Waals surface area contributed by atoms with Crippen LogP contribution < -0.4 is 0 Å². The van der Waals surface area contributed by atoms with Crippen molar-refractivity contribution in [2.24, 2.45) is 5.92 Å². The zero-order valence-electron chi connectivity index (χ0n) is 10.2. The molecule has 96 valence electrons. The molecule has 0 N–H and O–H groups in total. The summed E-state index contributed by atoms with van der Waals surface area (Å²) in [6.07, 6.45) is 1.12. The predicted octanol–water partition coefficient (Wildman–Crippen LogP) is 3.56. The van der Waals surface area contributed by atoms with E-state index in [-0.39, 0.29) is 23.3 Å². The predicted molar refractivity (Wildman–Crippen MR) is 68.0 cm³/mol. The lowest BCUT2D eigenvalue weighted by molar-refractivity contribution is 0.0936. The van der Waals surface area contributed by atoms with Crippen molar-refractivity contribution in [1.29, 1.82) is 0 Å². The van der Waals surface area contributed by atoms with E-state index >= 15 is 0 Å². The highest BCUT2D eigenvalue weighted by Crippen LogP contribution is 2.29. The Labute approximate surface area is 109 Å². The smallest absolute Gasteiger partial charge is 0.166 e. The van der Waals surface area contributed by atoms with E-state index < -0.39 is 0 Å². The molecule has 0 spiro atoms. The number of benzene rings is 2. The van der Waals surface area contributed by atoms with Gasteiger partial charge in [-0.15, -0.1) is 0 Å². The van der Waals surface area contributed by atoms with Crippen molar-refractivity contribution in [1.82, 2.24) is 0 Å². The third kappa shape index (κ3) is 2.28. The third-order valence-electron chi connectivity index (χ3n) is 3.57. The van der Waals surface area contributed by atoms with E-state index in [1.807, 2.05) is 0 Å². The minimum absolute atomic E-state index is 0.0549. The molecule has 2 aromatic carbocycles. The molecule has 0 amide bonds. The largest absolute Gasteiger partial charge is 0.294 e. The molecule has 3 rings (SSSR count). The van der Waals surface area contributed by atoms with Gasteiger partial charge in [-0.05, 0) is 54.3 Å². The van der Waals surface area contributed by atoms with Crippen molar-refractivity contribution in [3.63, 3.8) is 0 Å². The standard InChI is InChI=1S/C16H12F2O/c17-13-3-1-10(2-4-13)7-12-8-11-9-14(18)5-6-15(11)16(12)19/h1-6,9,12H,7-8H2. The van der Waals surface area contributed by atoms with E-state index in [1.165, 1.54) is 24.3 Å². The Bertz CT molecular complexity index is 632. The average molecular weight is 258 g/mol. The number of carbonyl (C=O) groups is 1. The van der Waals surface area contributed by atoms with Gasteiger partial charge in [0, 0.05) is 11.5 Å². The summed E-state index contributed by atoms with van der Waals surface area (Å²) in [6, 6.07) is 10.5. The molecular weight excluding hydrogens is 246 g/mol. The summed E-state index contributed by atoms with van der Waals surface area (Å²) >= 11 is 0. The van der Waals surface area contributed by atoms with E-state index in [2.05, 4.69) is 0 Å². The minimum atomic E-state index is -0.311. The van der Waals surface area contributed by atoms with Gasteiger partial charge in [-0.3, -0.25) is 4.79 Å². The molecule has 0 aliphatic heterocycles. The van der Waals surface area contributed by atoms with Crippen LogP contribution in [0.2, 0.25) is 0 Å². The first-order valence-electron chi connectivity index (χ1n) is 6.20. The van der Waals surface area contributed by atoms with E-state index in [0.717, 1.165) is 11.1 Å². The Balaban J connectivity index is 1.82. The van der Waals surface area contributed by atoms with Gasteiger partial charge in [-0.1, -0.05) is 12.1 Å². The molecular formula is C16H12F2O. The zero-order valence-corrected chi connectivity index (χ0v) is 10.2. The van der Waals surface area contributed by atoms with Crippen LogP contribution in [0.4, 0.5) is 8.78 Å². The normalized spacial score (nSPS) is 17.6. The first-order chi connectivity index (χ1) is 9.13. The highest BCUT2D eigenvalue weighted by Gasteiger charge is 2.30. The van der Waals surface area contributed by atoms with Crippen LogP contribution in [0.15, 0.2) is 42.5 Å². The van der Waals surface area contributed by atoms with Crippen molar-refractivity contribution in [3.8, 4) is 0 Å². The fourth-order valence-electron chi connectivity index (χ4n) is 2.62. The van der Waals surface area contributed by atoms with Crippen LogP contribution in [0.25, 0.3) is 0 Å². The SMILES string of the molecule is O=C1c2ccc(F)cc2CC1Cc1ccc(F)cc1. The van der Waals surface area contributed by atoms with E-state index in [4.69, 9.17) is 0 Å². The maximum atomic E-state index is 13.1. The molecule has 1 atom stereocenters. The van der Waals surface area contributed by atoms with Crippen molar-refractivity contribution >= 4 is 5.78 Å². The molecule has 3 heteroatoms. The lowest BCUT2D eigenvalue weighted by atomic mass is 9.96. The molecule has 0 radical (unpaired) electrons. The first kappa shape index (κ1) is 12.0. The number of hydrogen-bond donors (Lipinski definition) is 0.